The van der Waals surface area contributed by atoms with Gasteiger partial charge in [0.15, 0.2) is 0 Å². The van der Waals surface area contributed by atoms with Crippen molar-refractivity contribution in [3.63, 3.8) is 0 Å². The average molecular weight is 404 g/mol. The average Bonchev–Trinajstić information content (AvgIpc) is 3.18. The second-order valence-corrected chi connectivity index (χ2v) is 7.42. The first-order valence-corrected chi connectivity index (χ1v) is 10.3. The molecule has 6 heteroatoms. The first-order valence-electron chi connectivity index (χ1n) is 10.3. The third kappa shape index (κ3) is 3.73. The third-order valence-electron chi connectivity index (χ3n) is 5.58. The van der Waals surface area contributed by atoms with Crippen molar-refractivity contribution in [1.29, 1.82) is 0 Å². The number of carbonyl (C=O) groups excluding carboxylic acids is 3. The van der Waals surface area contributed by atoms with Gasteiger partial charge in [0.2, 0.25) is 0 Å². The van der Waals surface area contributed by atoms with Crippen molar-refractivity contribution in [2.45, 2.75) is 19.8 Å². The van der Waals surface area contributed by atoms with E-state index in [0.29, 0.717) is 38.2 Å². The van der Waals surface area contributed by atoms with Crippen molar-refractivity contribution >= 4 is 23.2 Å². The number of carbonyl (C=O) groups is 3. The lowest BCUT2D eigenvalue weighted by Gasteiger charge is -2.30. The molecule has 0 N–H and O–H groups in total. The van der Waals surface area contributed by atoms with Crippen molar-refractivity contribution in [1.82, 2.24) is 9.30 Å². The summed E-state index contributed by atoms with van der Waals surface area (Å²) in [5.74, 6) is -1.49. The van der Waals surface area contributed by atoms with Crippen molar-refractivity contribution < 1.29 is 19.1 Å². The van der Waals surface area contributed by atoms with Crippen molar-refractivity contribution in [2.75, 3.05) is 19.7 Å². The van der Waals surface area contributed by atoms with Crippen LogP contribution in [0.3, 0.4) is 0 Å². The van der Waals surface area contributed by atoms with E-state index in [9.17, 15) is 14.4 Å². The second-order valence-electron chi connectivity index (χ2n) is 7.42. The van der Waals surface area contributed by atoms with E-state index >= 15 is 0 Å². The van der Waals surface area contributed by atoms with Gasteiger partial charge in [-0.1, -0.05) is 36.4 Å². The van der Waals surface area contributed by atoms with Crippen LogP contribution < -0.4 is 0 Å². The first-order chi connectivity index (χ1) is 14.6. The van der Waals surface area contributed by atoms with Gasteiger partial charge in [-0.25, -0.2) is 0 Å². The quantitative estimate of drug-likeness (QED) is 0.370. The smallest absolute Gasteiger partial charge is 0.309 e. The van der Waals surface area contributed by atoms with E-state index in [2.05, 4.69) is 0 Å². The Morgan fingerprint density at radius 1 is 1.00 bits per heavy atom. The zero-order valence-electron chi connectivity index (χ0n) is 16.9. The molecule has 3 aromatic rings. The van der Waals surface area contributed by atoms with Crippen LogP contribution in [0.1, 0.15) is 30.3 Å². The molecule has 0 radical (unpaired) electrons. The van der Waals surface area contributed by atoms with Gasteiger partial charge in [0.05, 0.1) is 12.5 Å². The Hall–Kier alpha value is -3.41. The molecule has 0 saturated carbocycles. The molecule has 1 aliphatic heterocycles. The molecular weight excluding hydrogens is 380 g/mol. The summed E-state index contributed by atoms with van der Waals surface area (Å²) in [5, 5.41) is 0. The summed E-state index contributed by atoms with van der Waals surface area (Å²) >= 11 is 0. The fourth-order valence-electron chi connectivity index (χ4n) is 4.02. The minimum Gasteiger partial charge on any atom is -0.466 e. The molecular formula is C24H24N2O4. The van der Waals surface area contributed by atoms with Gasteiger partial charge in [0, 0.05) is 30.4 Å². The molecule has 1 amide bonds. The molecule has 30 heavy (non-hydrogen) atoms. The number of hydrogen-bond acceptors (Lipinski definition) is 4. The fourth-order valence-corrected chi connectivity index (χ4v) is 4.02. The summed E-state index contributed by atoms with van der Waals surface area (Å²) in [4.78, 5) is 39.9. The lowest BCUT2D eigenvalue weighted by atomic mass is 9.96. The zero-order chi connectivity index (χ0) is 21.1. The van der Waals surface area contributed by atoms with Crippen LogP contribution >= 0.6 is 0 Å². The Morgan fingerprint density at radius 2 is 1.70 bits per heavy atom. The lowest BCUT2D eigenvalue weighted by molar-refractivity contribution is -0.150. The first kappa shape index (κ1) is 19.9. The van der Waals surface area contributed by atoms with E-state index < -0.39 is 11.7 Å². The highest BCUT2D eigenvalue weighted by Gasteiger charge is 2.33. The Kier molecular flexibility index (Phi) is 5.65. The number of nitrogens with zero attached hydrogens (tertiary/aromatic N) is 2. The molecule has 1 saturated heterocycles. The number of aromatic nitrogens is 1. The van der Waals surface area contributed by atoms with E-state index in [4.69, 9.17) is 4.74 Å². The predicted molar refractivity (Wildman–Crippen MR) is 113 cm³/mol. The summed E-state index contributed by atoms with van der Waals surface area (Å²) < 4.78 is 6.86. The summed E-state index contributed by atoms with van der Waals surface area (Å²) in [6.45, 7) is 2.87. The molecule has 0 atom stereocenters. The largest absolute Gasteiger partial charge is 0.466 e. The van der Waals surface area contributed by atoms with Crippen LogP contribution in [0.25, 0.3) is 16.6 Å². The van der Waals surface area contributed by atoms with Gasteiger partial charge in [0.25, 0.3) is 11.7 Å². The highest BCUT2D eigenvalue weighted by molar-refractivity contribution is 6.43. The van der Waals surface area contributed by atoms with Crippen LogP contribution in [0.2, 0.25) is 0 Å². The number of fused-ring (bicyclic) bond motifs is 1. The number of ketones is 1. The molecule has 0 bridgehead atoms. The second kappa shape index (κ2) is 8.53. The normalized spacial score (nSPS) is 14.6. The highest BCUT2D eigenvalue weighted by atomic mass is 16.5. The number of amides is 1. The Labute approximate surface area is 175 Å². The minimum absolute atomic E-state index is 0.210. The van der Waals surface area contributed by atoms with E-state index in [1.54, 1.807) is 22.4 Å². The molecule has 1 aliphatic rings. The SMILES string of the molecule is CCOC(=O)C1CCN(C(=O)C(=O)c2c(-c3ccccc3)cc3ccccn23)CC1. The van der Waals surface area contributed by atoms with Crippen LogP contribution in [-0.2, 0) is 14.3 Å². The van der Waals surface area contributed by atoms with Gasteiger partial charge in [-0.2, -0.15) is 0 Å². The molecule has 2 aromatic heterocycles. The summed E-state index contributed by atoms with van der Waals surface area (Å²) in [6.07, 6.45) is 2.83. The maximum Gasteiger partial charge on any atom is 0.309 e. The fraction of sp³-hybridized carbons (Fsp3) is 0.292. The molecule has 154 valence electrons. The standard InChI is InChI=1S/C24H24N2O4/c1-2-30-24(29)18-11-14-25(15-12-18)23(28)22(27)21-20(17-8-4-3-5-9-17)16-19-10-6-7-13-26(19)21/h3-10,13,16,18H,2,11-12,14-15H2,1H3. The molecule has 6 nitrogen and oxygen atoms in total. The minimum atomic E-state index is -0.533. The molecule has 4 rings (SSSR count). The lowest BCUT2D eigenvalue weighted by Crippen LogP contribution is -2.44. The van der Waals surface area contributed by atoms with Gasteiger partial charge in [-0.05, 0) is 43.5 Å². The van der Waals surface area contributed by atoms with Crippen molar-refractivity contribution in [2.24, 2.45) is 5.92 Å². The van der Waals surface area contributed by atoms with Gasteiger partial charge < -0.3 is 14.0 Å². The van der Waals surface area contributed by atoms with Gasteiger partial charge in [-0.15, -0.1) is 0 Å². The Morgan fingerprint density at radius 3 is 2.40 bits per heavy atom. The number of hydrogen-bond donors (Lipinski definition) is 0. The number of rotatable bonds is 5. The van der Waals surface area contributed by atoms with Crippen molar-refractivity contribution in [3.05, 3.63) is 66.5 Å². The maximum atomic E-state index is 13.3. The van der Waals surface area contributed by atoms with E-state index in [-0.39, 0.29) is 11.9 Å². The third-order valence-corrected chi connectivity index (χ3v) is 5.58. The Balaban J connectivity index is 1.61. The van der Waals surface area contributed by atoms with Gasteiger partial charge in [0.1, 0.15) is 5.69 Å². The van der Waals surface area contributed by atoms with Crippen LogP contribution in [0.4, 0.5) is 0 Å². The molecule has 3 heterocycles. The van der Waals surface area contributed by atoms with Crippen LogP contribution in [0.15, 0.2) is 60.8 Å². The number of likely N-dealkylation sites (tertiary alicyclic amines) is 1. The summed E-state index contributed by atoms with van der Waals surface area (Å²) in [7, 11) is 0. The van der Waals surface area contributed by atoms with Crippen LogP contribution in [-0.4, -0.2) is 46.7 Å². The summed E-state index contributed by atoms with van der Waals surface area (Å²) in [5.41, 5.74) is 2.85. The topological polar surface area (TPSA) is 68.1 Å². The molecule has 0 unspecified atom stereocenters. The predicted octanol–water partition coefficient (Wildman–Crippen LogP) is 3.59. The molecule has 1 fully saturated rings. The molecule has 0 aliphatic carbocycles. The van der Waals surface area contributed by atoms with Gasteiger partial charge in [-0.3, -0.25) is 14.4 Å². The number of esters is 1. The monoisotopic (exact) mass is 404 g/mol. The maximum absolute atomic E-state index is 13.3. The van der Waals surface area contributed by atoms with E-state index in [1.807, 2.05) is 54.6 Å². The zero-order valence-corrected chi connectivity index (χ0v) is 16.9. The van der Waals surface area contributed by atoms with E-state index in [1.165, 1.54) is 0 Å². The van der Waals surface area contributed by atoms with Crippen LogP contribution in [0, 0.1) is 5.92 Å². The van der Waals surface area contributed by atoms with Gasteiger partial charge >= 0.3 is 5.97 Å². The number of ether oxygens (including phenoxy) is 1. The number of benzene rings is 1. The van der Waals surface area contributed by atoms with Crippen LogP contribution in [0.5, 0.6) is 0 Å². The number of piperidine rings is 1. The number of pyridine rings is 1. The highest BCUT2D eigenvalue weighted by Crippen LogP contribution is 2.29. The van der Waals surface area contributed by atoms with E-state index in [0.717, 1.165) is 16.6 Å². The summed E-state index contributed by atoms with van der Waals surface area (Å²) in [6, 6.07) is 17.2. The van der Waals surface area contributed by atoms with Crippen molar-refractivity contribution in [3.8, 4) is 11.1 Å². The Bertz CT molecular complexity index is 1080. The molecule has 1 aromatic carbocycles. The number of Topliss-reactive ketones (excluding diaryl/α,β-unsaturated/α-hetero) is 1. The molecule has 0 spiro atoms.